The first-order chi connectivity index (χ1) is 8.72. The number of carbonyl (C=O) groups excluding carboxylic acids is 1. The minimum atomic E-state index is -0.358. The van der Waals surface area contributed by atoms with Gasteiger partial charge in [-0.15, -0.1) is 0 Å². The van der Waals surface area contributed by atoms with Crippen LogP contribution in [0.15, 0.2) is 0 Å². The minimum Gasteiger partial charge on any atom is -0.382 e. The summed E-state index contributed by atoms with van der Waals surface area (Å²) in [6.45, 7) is 4.73. The average molecular weight is 260 g/mol. The Morgan fingerprint density at radius 1 is 1.22 bits per heavy atom. The summed E-state index contributed by atoms with van der Waals surface area (Å²) in [5.74, 6) is -0.0382. The van der Waals surface area contributed by atoms with Gasteiger partial charge >= 0.3 is 0 Å². The van der Waals surface area contributed by atoms with Gasteiger partial charge in [-0.1, -0.05) is 19.8 Å². The second kappa shape index (κ2) is 12.8. The molecular weight excluding hydrogens is 232 g/mol. The van der Waals surface area contributed by atoms with Crippen LogP contribution in [-0.2, 0) is 14.3 Å². The van der Waals surface area contributed by atoms with Gasteiger partial charge in [0.1, 0.15) is 0 Å². The molecule has 5 nitrogen and oxygen atoms in total. The number of ether oxygens (including phenoxy) is 2. The van der Waals surface area contributed by atoms with Crippen molar-refractivity contribution in [2.75, 3.05) is 33.5 Å². The van der Waals surface area contributed by atoms with Gasteiger partial charge in [-0.25, -0.2) is 0 Å². The van der Waals surface area contributed by atoms with Crippen LogP contribution >= 0.6 is 0 Å². The van der Waals surface area contributed by atoms with E-state index >= 15 is 0 Å². The van der Waals surface area contributed by atoms with Crippen LogP contribution in [0.1, 0.15) is 39.0 Å². The van der Waals surface area contributed by atoms with Crippen LogP contribution in [0.5, 0.6) is 0 Å². The van der Waals surface area contributed by atoms with Crippen LogP contribution in [0.3, 0.4) is 0 Å². The van der Waals surface area contributed by atoms with Gasteiger partial charge in [-0.3, -0.25) is 4.79 Å². The molecule has 0 aromatic carbocycles. The zero-order chi connectivity index (χ0) is 13.6. The molecule has 0 rings (SSSR count). The lowest BCUT2D eigenvalue weighted by Gasteiger charge is -2.11. The number of unbranched alkanes of at least 4 members (excludes halogenated alkanes) is 2. The van der Waals surface area contributed by atoms with E-state index in [2.05, 4.69) is 12.2 Å². The van der Waals surface area contributed by atoms with Crippen molar-refractivity contribution in [1.82, 2.24) is 5.32 Å². The molecule has 0 aromatic heterocycles. The number of amides is 1. The summed E-state index contributed by atoms with van der Waals surface area (Å²) in [6, 6.07) is -0.358. The largest absolute Gasteiger partial charge is 0.382 e. The van der Waals surface area contributed by atoms with Gasteiger partial charge in [-0.05, 0) is 19.3 Å². The highest BCUT2D eigenvalue weighted by Gasteiger charge is 2.11. The van der Waals surface area contributed by atoms with Crippen molar-refractivity contribution in [1.29, 1.82) is 0 Å². The monoisotopic (exact) mass is 260 g/mol. The normalized spacial score (nSPS) is 12.4. The van der Waals surface area contributed by atoms with Gasteiger partial charge < -0.3 is 20.5 Å². The van der Waals surface area contributed by atoms with E-state index in [0.29, 0.717) is 26.4 Å². The average Bonchev–Trinajstić information content (AvgIpc) is 2.38. The van der Waals surface area contributed by atoms with Crippen molar-refractivity contribution in [2.45, 2.75) is 45.1 Å². The molecule has 108 valence electrons. The quantitative estimate of drug-likeness (QED) is 0.515. The van der Waals surface area contributed by atoms with Gasteiger partial charge in [0.25, 0.3) is 0 Å². The van der Waals surface area contributed by atoms with Gasteiger partial charge in [0.05, 0.1) is 19.3 Å². The standard InChI is InChI=1S/C13H28N2O3/c1-3-4-7-12(14)13(16)15-8-5-6-9-18-11-10-17-2/h12H,3-11,14H2,1-2H3,(H,15,16)/t12-/m0/s1. The zero-order valence-electron chi connectivity index (χ0n) is 11.7. The smallest absolute Gasteiger partial charge is 0.236 e. The molecule has 0 bridgehead atoms. The lowest BCUT2D eigenvalue weighted by molar-refractivity contribution is -0.122. The first-order valence-corrected chi connectivity index (χ1v) is 6.82. The summed E-state index contributed by atoms with van der Waals surface area (Å²) in [4.78, 5) is 11.5. The van der Waals surface area contributed by atoms with Crippen LogP contribution < -0.4 is 11.1 Å². The maximum Gasteiger partial charge on any atom is 0.236 e. The predicted octanol–water partition coefficient (Wildman–Crippen LogP) is 1.06. The van der Waals surface area contributed by atoms with E-state index < -0.39 is 0 Å². The predicted molar refractivity (Wildman–Crippen MR) is 72.4 cm³/mol. The summed E-state index contributed by atoms with van der Waals surface area (Å²) in [7, 11) is 1.65. The minimum absolute atomic E-state index is 0.0382. The third-order valence-electron chi connectivity index (χ3n) is 2.65. The molecule has 0 aliphatic heterocycles. The topological polar surface area (TPSA) is 73.6 Å². The van der Waals surface area contributed by atoms with E-state index in [1.54, 1.807) is 7.11 Å². The number of nitrogens with one attached hydrogen (secondary N) is 1. The van der Waals surface area contributed by atoms with Gasteiger partial charge in [0.2, 0.25) is 5.91 Å². The fourth-order valence-corrected chi connectivity index (χ4v) is 1.47. The molecule has 0 fully saturated rings. The van der Waals surface area contributed by atoms with Crippen molar-refractivity contribution < 1.29 is 14.3 Å². The number of carbonyl (C=O) groups is 1. The molecule has 0 aromatic rings. The van der Waals surface area contributed by atoms with Crippen LogP contribution in [0.2, 0.25) is 0 Å². The first kappa shape index (κ1) is 17.4. The van der Waals surface area contributed by atoms with E-state index in [1.807, 2.05) is 0 Å². The van der Waals surface area contributed by atoms with Crippen molar-refractivity contribution in [3.8, 4) is 0 Å². The third kappa shape index (κ3) is 10.5. The SMILES string of the molecule is CCCC[C@H](N)C(=O)NCCCCOCCOC. The molecular formula is C13H28N2O3. The Balaban J connectivity index is 3.29. The van der Waals surface area contributed by atoms with Crippen LogP contribution in [-0.4, -0.2) is 45.4 Å². The Bertz CT molecular complexity index is 201. The number of hydrogen-bond acceptors (Lipinski definition) is 4. The highest BCUT2D eigenvalue weighted by Crippen LogP contribution is 1.98. The molecule has 0 aliphatic carbocycles. The molecule has 0 saturated carbocycles. The van der Waals surface area contributed by atoms with E-state index in [-0.39, 0.29) is 11.9 Å². The highest BCUT2D eigenvalue weighted by molar-refractivity contribution is 5.81. The Morgan fingerprint density at radius 3 is 2.67 bits per heavy atom. The summed E-state index contributed by atoms with van der Waals surface area (Å²) < 4.78 is 10.2. The van der Waals surface area contributed by atoms with Gasteiger partial charge in [0, 0.05) is 20.3 Å². The van der Waals surface area contributed by atoms with E-state index in [1.165, 1.54) is 0 Å². The molecule has 1 atom stereocenters. The maximum absolute atomic E-state index is 11.5. The molecule has 1 amide bonds. The second-order valence-corrected chi connectivity index (χ2v) is 4.35. The second-order valence-electron chi connectivity index (χ2n) is 4.35. The number of hydrogen-bond donors (Lipinski definition) is 2. The lowest BCUT2D eigenvalue weighted by atomic mass is 10.1. The summed E-state index contributed by atoms with van der Waals surface area (Å²) in [6.07, 6.45) is 4.69. The molecule has 0 saturated heterocycles. The van der Waals surface area contributed by atoms with Crippen molar-refractivity contribution in [3.05, 3.63) is 0 Å². The third-order valence-corrected chi connectivity index (χ3v) is 2.65. The lowest BCUT2D eigenvalue weighted by Crippen LogP contribution is -2.40. The van der Waals surface area contributed by atoms with Crippen molar-refractivity contribution in [2.24, 2.45) is 5.73 Å². The molecule has 3 N–H and O–H groups in total. The maximum atomic E-state index is 11.5. The van der Waals surface area contributed by atoms with Crippen LogP contribution in [0, 0.1) is 0 Å². The van der Waals surface area contributed by atoms with Crippen molar-refractivity contribution >= 4 is 5.91 Å². The van der Waals surface area contributed by atoms with Crippen LogP contribution in [0.25, 0.3) is 0 Å². The molecule has 0 spiro atoms. The van der Waals surface area contributed by atoms with Crippen molar-refractivity contribution in [3.63, 3.8) is 0 Å². The molecule has 5 heteroatoms. The molecule has 18 heavy (non-hydrogen) atoms. The molecule has 0 radical (unpaired) electrons. The Morgan fingerprint density at radius 2 is 2.00 bits per heavy atom. The van der Waals surface area contributed by atoms with Gasteiger partial charge in [-0.2, -0.15) is 0 Å². The zero-order valence-corrected chi connectivity index (χ0v) is 11.7. The Hall–Kier alpha value is -0.650. The van der Waals surface area contributed by atoms with Gasteiger partial charge in [0.15, 0.2) is 0 Å². The number of rotatable bonds is 12. The van der Waals surface area contributed by atoms with E-state index in [9.17, 15) is 4.79 Å². The van der Waals surface area contributed by atoms with Crippen LogP contribution in [0.4, 0.5) is 0 Å². The summed E-state index contributed by atoms with van der Waals surface area (Å²) >= 11 is 0. The fraction of sp³-hybridized carbons (Fsp3) is 0.923. The number of methoxy groups -OCH3 is 1. The number of nitrogens with two attached hydrogens (primary N) is 1. The first-order valence-electron chi connectivity index (χ1n) is 6.82. The molecule has 0 heterocycles. The van der Waals surface area contributed by atoms with E-state index in [0.717, 1.165) is 32.1 Å². The van der Waals surface area contributed by atoms with E-state index in [4.69, 9.17) is 15.2 Å². The summed E-state index contributed by atoms with van der Waals surface area (Å²) in [5.41, 5.74) is 5.75. The Kier molecular flexibility index (Phi) is 12.3. The molecule has 0 aliphatic rings. The highest BCUT2D eigenvalue weighted by atomic mass is 16.5. The Labute approximate surface area is 110 Å². The fourth-order valence-electron chi connectivity index (χ4n) is 1.47. The molecule has 0 unspecified atom stereocenters. The summed E-state index contributed by atoms with van der Waals surface area (Å²) in [5, 5.41) is 2.85.